The highest BCUT2D eigenvalue weighted by molar-refractivity contribution is 7.70. The molecule has 5 rings (SSSR count). The Morgan fingerprint density at radius 2 is 1.78 bits per heavy atom. The number of anilines is 3. The summed E-state index contributed by atoms with van der Waals surface area (Å²) in [4.78, 5) is 9.08. The van der Waals surface area contributed by atoms with E-state index in [-0.39, 0.29) is 13.2 Å². The van der Waals surface area contributed by atoms with Gasteiger partial charge in [-0.3, -0.25) is 4.90 Å². The number of rotatable bonds is 9. The number of fused-ring (bicyclic) bond motifs is 1. The third kappa shape index (κ3) is 5.65. The molecule has 0 saturated carbocycles. The van der Waals surface area contributed by atoms with Crippen LogP contribution in [0.25, 0.3) is 16.8 Å². The Hall–Kier alpha value is -3.51. The van der Waals surface area contributed by atoms with Crippen LogP contribution in [-0.2, 0) is 17.4 Å². The summed E-state index contributed by atoms with van der Waals surface area (Å²) in [7, 11) is -2.64. The molecule has 1 saturated heterocycles. The van der Waals surface area contributed by atoms with Gasteiger partial charge in [0.05, 0.1) is 24.0 Å². The summed E-state index contributed by atoms with van der Waals surface area (Å²) in [6.07, 6.45) is 1.77. The minimum atomic E-state index is -2.64. The summed E-state index contributed by atoms with van der Waals surface area (Å²) < 4.78 is 26.0. The predicted molar refractivity (Wildman–Crippen MR) is 141 cm³/mol. The Kier molecular flexibility index (Phi) is 7.42. The molecule has 11 heteroatoms. The first-order valence-corrected chi connectivity index (χ1v) is 13.0. The average molecular weight is 508 g/mol. The summed E-state index contributed by atoms with van der Waals surface area (Å²) in [5.41, 5.74) is 5.61. The Labute approximate surface area is 211 Å². The quantitative estimate of drug-likeness (QED) is 0.254. The number of benzene rings is 2. The van der Waals surface area contributed by atoms with E-state index in [1.807, 2.05) is 53.0 Å². The van der Waals surface area contributed by atoms with Gasteiger partial charge in [-0.05, 0) is 48.0 Å². The van der Waals surface area contributed by atoms with Crippen molar-refractivity contribution in [2.45, 2.75) is 6.54 Å². The van der Waals surface area contributed by atoms with Crippen molar-refractivity contribution in [1.29, 1.82) is 0 Å². The van der Waals surface area contributed by atoms with Crippen LogP contribution in [0.5, 0.6) is 0 Å². The molecule has 1 fully saturated rings. The first-order valence-electron chi connectivity index (χ1n) is 11.9. The van der Waals surface area contributed by atoms with Gasteiger partial charge < -0.3 is 15.3 Å². The summed E-state index contributed by atoms with van der Waals surface area (Å²) in [6.45, 7) is 4.96. The van der Waals surface area contributed by atoms with Crippen LogP contribution in [-0.4, -0.2) is 72.4 Å². The number of nitrogens with zero attached hydrogens (tertiary/aromatic N) is 5. The average Bonchev–Trinajstić information content (AvgIpc) is 3.32. The van der Waals surface area contributed by atoms with Gasteiger partial charge >= 0.3 is 0 Å². The van der Waals surface area contributed by atoms with Gasteiger partial charge in [-0.2, -0.15) is 0 Å². The molecular weight excluding hydrogens is 478 g/mol. The molecule has 0 aliphatic carbocycles. The molecule has 3 heterocycles. The fraction of sp³-hybridized carbons (Fsp3) is 0.280. The number of aliphatic hydroxyl groups is 1. The maximum absolute atomic E-state index is 10.9. The van der Waals surface area contributed by atoms with Gasteiger partial charge in [0.2, 0.25) is 16.8 Å². The highest BCUT2D eigenvalue weighted by Gasteiger charge is 2.16. The Morgan fingerprint density at radius 1 is 0.972 bits per heavy atom. The summed E-state index contributed by atoms with van der Waals surface area (Å²) in [5.74, 6) is 0.478. The van der Waals surface area contributed by atoms with Crippen LogP contribution in [0.2, 0.25) is 0 Å². The highest BCUT2D eigenvalue weighted by Crippen LogP contribution is 2.25. The highest BCUT2D eigenvalue weighted by atomic mass is 32.2. The van der Waals surface area contributed by atoms with Gasteiger partial charge in [0.25, 0.3) is 0 Å². The summed E-state index contributed by atoms with van der Waals surface area (Å²) in [5, 5.41) is 17.1. The summed E-state index contributed by atoms with van der Waals surface area (Å²) in [6, 6.07) is 19.9. The molecule has 10 nitrogen and oxygen atoms in total. The zero-order valence-electron chi connectivity index (χ0n) is 19.7. The first-order chi connectivity index (χ1) is 17.6. The topological polar surface area (TPSA) is 115 Å². The third-order valence-electron chi connectivity index (χ3n) is 6.31. The minimum Gasteiger partial charge on any atom is -0.395 e. The Balaban J connectivity index is 1.30. The lowest BCUT2D eigenvalue weighted by Crippen LogP contribution is -2.47. The van der Waals surface area contributed by atoms with E-state index in [4.69, 9.17) is 10.2 Å². The molecule has 2 aromatic heterocycles. The van der Waals surface area contributed by atoms with Crippen LogP contribution in [0.15, 0.2) is 66.9 Å². The van der Waals surface area contributed by atoms with Crippen LogP contribution in [0, 0.1) is 0 Å². The van der Waals surface area contributed by atoms with Gasteiger partial charge in [-0.1, -0.05) is 18.2 Å². The zero-order chi connectivity index (χ0) is 24.9. The number of β-amino-alcohol motifs (C(OH)–C–C–N with tert-alkyl or cyclic N) is 1. The molecule has 188 valence electrons. The second-order valence-electron chi connectivity index (χ2n) is 8.65. The van der Waals surface area contributed by atoms with E-state index in [1.165, 1.54) is 5.69 Å². The number of thiol groups is 1. The van der Waals surface area contributed by atoms with Crippen molar-refractivity contribution in [2.75, 3.05) is 49.5 Å². The molecule has 1 aliphatic heterocycles. The van der Waals surface area contributed by atoms with Crippen molar-refractivity contribution in [1.82, 2.24) is 24.2 Å². The van der Waals surface area contributed by atoms with Crippen LogP contribution in [0.3, 0.4) is 0 Å². The van der Waals surface area contributed by atoms with Crippen molar-refractivity contribution in [2.24, 2.45) is 0 Å². The second kappa shape index (κ2) is 11.0. The SMILES string of the molecule is O=[SH](=O)NCc1cccc(-c2ccc3cnc(Nc4ccc(N5CCN(CCO)CC5)cc4)nn23)c1. The van der Waals surface area contributed by atoms with Crippen LogP contribution < -0.4 is 14.9 Å². The van der Waals surface area contributed by atoms with Gasteiger partial charge in [-0.25, -0.2) is 22.6 Å². The fourth-order valence-electron chi connectivity index (χ4n) is 4.43. The maximum atomic E-state index is 10.9. The Bertz CT molecular complexity index is 1390. The second-order valence-corrected chi connectivity index (χ2v) is 9.48. The Morgan fingerprint density at radius 3 is 2.53 bits per heavy atom. The smallest absolute Gasteiger partial charge is 0.245 e. The number of nitrogens with one attached hydrogen (secondary N) is 2. The van der Waals surface area contributed by atoms with Crippen molar-refractivity contribution < 1.29 is 13.5 Å². The molecule has 2 aromatic carbocycles. The van der Waals surface area contributed by atoms with E-state index in [9.17, 15) is 8.42 Å². The third-order valence-corrected chi connectivity index (χ3v) is 6.73. The lowest BCUT2D eigenvalue weighted by molar-refractivity contribution is 0.189. The predicted octanol–water partition coefficient (Wildman–Crippen LogP) is 1.87. The first kappa shape index (κ1) is 24.2. The largest absolute Gasteiger partial charge is 0.395 e. The van der Waals surface area contributed by atoms with Crippen molar-refractivity contribution in [3.05, 3.63) is 72.4 Å². The maximum Gasteiger partial charge on any atom is 0.245 e. The van der Waals surface area contributed by atoms with Gasteiger partial charge in [0, 0.05) is 56.2 Å². The van der Waals surface area contributed by atoms with Crippen molar-refractivity contribution in [3.63, 3.8) is 0 Å². The molecule has 4 aromatic rings. The van der Waals surface area contributed by atoms with Crippen molar-refractivity contribution >= 4 is 33.7 Å². The van der Waals surface area contributed by atoms with Crippen LogP contribution >= 0.6 is 0 Å². The van der Waals surface area contributed by atoms with E-state index in [1.54, 1.807) is 6.20 Å². The van der Waals surface area contributed by atoms with Gasteiger partial charge in [0.1, 0.15) is 0 Å². The molecule has 0 radical (unpaired) electrons. The molecule has 0 bridgehead atoms. The normalized spacial score (nSPS) is 14.6. The number of hydrogen-bond acceptors (Lipinski definition) is 8. The molecule has 0 unspecified atom stereocenters. The van der Waals surface area contributed by atoms with E-state index >= 15 is 0 Å². The lowest BCUT2D eigenvalue weighted by atomic mass is 10.1. The molecule has 0 atom stereocenters. The number of hydrogen-bond donors (Lipinski definition) is 4. The zero-order valence-corrected chi connectivity index (χ0v) is 20.6. The molecule has 1 aliphatic rings. The molecule has 3 N–H and O–H groups in total. The van der Waals surface area contributed by atoms with Crippen LogP contribution in [0.1, 0.15) is 5.56 Å². The van der Waals surface area contributed by atoms with Crippen molar-refractivity contribution in [3.8, 4) is 11.3 Å². The molecular formula is C25H29N7O3S. The monoisotopic (exact) mass is 507 g/mol. The number of aromatic nitrogens is 3. The van der Waals surface area contributed by atoms with Crippen LogP contribution in [0.4, 0.5) is 17.3 Å². The fourth-order valence-corrected chi connectivity index (χ4v) is 4.74. The van der Waals surface area contributed by atoms with E-state index in [2.05, 4.69) is 37.0 Å². The number of piperazine rings is 1. The van der Waals surface area contributed by atoms with E-state index in [0.717, 1.165) is 60.7 Å². The number of aliphatic hydroxyl groups excluding tert-OH is 1. The lowest BCUT2D eigenvalue weighted by Gasteiger charge is -2.35. The molecule has 36 heavy (non-hydrogen) atoms. The van der Waals surface area contributed by atoms with E-state index < -0.39 is 10.9 Å². The van der Waals surface area contributed by atoms with Gasteiger partial charge in [0.15, 0.2) is 0 Å². The van der Waals surface area contributed by atoms with E-state index in [0.29, 0.717) is 5.95 Å². The standard InChI is InChI=1S/C25H29N7O3S/c33-15-14-30-10-12-31(13-11-30)22-6-4-21(5-7-22)28-25-26-18-23-8-9-24(32(23)29-25)20-3-1-2-19(16-20)17-27-36(34)35/h1-9,16,18,33,36H,10-15,17H2,(H,28,29)(H,27,34,35). The summed E-state index contributed by atoms with van der Waals surface area (Å²) >= 11 is 0. The minimum absolute atomic E-state index is 0.203. The molecule has 0 spiro atoms. The molecule has 0 amide bonds. The van der Waals surface area contributed by atoms with Gasteiger partial charge in [-0.15, -0.1) is 5.10 Å².